The van der Waals surface area contributed by atoms with Crippen LogP contribution in [0.25, 0.3) is 0 Å². The van der Waals surface area contributed by atoms with Gasteiger partial charge in [0.2, 0.25) is 0 Å². The van der Waals surface area contributed by atoms with E-state index in [1.54, 1.807) is 60.7 Å². The molecule has 0 radical (unpaired) electrons. The monoisotopic (exact) mass is 1600 g/mol. The van der Waals surface area contributed by atoms with Crippen molar-refractivity contribution in [3.05, 3.63) is 201 Å². The number of phenols is 6. The van der Waals surface area contributed by atoms with Gasteiger partial charge < -0.3 is 61.6 Å². The van der Waals surface area contributed by atoms with E-state index < -0.39 is 29.1 Å². The zero-order valence-electron chi connectivity index (χ0n) is 39.1. The van der Waals surface area contributed by atoms with Crippen LogP contribution in [0.1, 0.15) is 62.2 Å². The Morgan fingerprint density at radius 2 is 1.01 bits per heavy atom. The number of carbonyl (C=O) groups is 3. The number of carboxylic acid groups (broad SMARTS) is 1. The van der Waals surface area contributed by atoms with Crippen LogP contribution in [0.3, 0.4) is 0 Å². The van der Waals surface area contributed by atoms with Crippen LogP contribution < -0.4 is 65.6 Å². The SMILES string of the molecule is C.O=C(O)c1ccccc1C(=O)c1cc(Cl)c(O)cc1O.O=C1OC2(c3cc(Cl)c(O)cc3Oc3cc(Oc4cc(I)c(O)c(I)c4)c(Cl)cc32)c2ccccc21.Oc1ccc(Cl)c(Oc2cc(I)c(O)c(I)c2)c1.[H-].[K+].[OH-]. The van der Waals surface area contributed by atoms with Gasteiger partial charge >= 0.3 is 63.3 Å². The molecular formula is C53H34Cl4I4KO15-. The number of aromatic hydroxyl groups is 6. The minimum atomic E-state index is -1.39. The number of carboxylic acids is 1. The number of ether oxygens (including phenoxy) is 4. The van der Waals surface area contributed by atoms with Crippen LogP contribution >= 0.6 is 137 Å². The molecule has 1 unspecified atom stereocenters. The van der Waals surface area contributed by atoms with Crippen molar-refractivity contribution >= 4 is 154 Å². The van der Waals surface area contributed by atoms with Gasteiger partial charge in [0, 0.05) is 46.5 Å². The molecule has 8 aromatic carbocycles. The Hall–Kier alpha value is -3.75. The van der Waals surface area contributed by atoms with Crippen LogP contribution in [0, 0.1) is 14.3 Å². The fourth-order valence-corrected chi connectivity index (χ4v) is 11.6. The number of hydrogen-bond acceptors (Lipinski definition) is 14. The molecule has 0 aromatic heterocycles. The zero-order chi connectivity index (χ0) is 53.5. The number of fused-ring (bicyclic) bond motifs is 6. The topological polar surface area (TPSA) is 260 Å². The summed E-state index contributed by atoms with van der Waals surface area (Å²) in [6.45, 7) is 0. The largest absolute Gasteiger partial charge is 1.00 e. The van der Waals surface area contributed by atoms with Gasteiger partial charge in [0.25, 0.3) is 0 Å². The third-order valence-electron chi connectivity index (χ3n) is 10.9. The zero-order valence-corrected chi connectivity index (χ0v) is 52.9. The second-order valence-electron chi connectivity index (χ2n) is 15.6. The average molecular weight is 1600 g/mol. The van der Waals surface area contributed by atoms with Gasteiger partial charge in [-0.2, -0.15) is 0 Å². The van der Waals surface area contributed by atoms with Gasteiger partial charge in [0.15, 0.2) is 11.4 Å². The molecule has 10 rings (SSSR count). The maximum absolute atomic E-state index is 13.0. The van der Waals surface area contributed by atoms with Crippen molar-refractivity contribution in [2.75, 3.05) is 0 Å². The molecule has 15 nitrogen and oxygen atoms in total. The summed E-state index contributed by atoms with van der Waals surface area (Å²) in [6, 6.07) is 32.1. The Kier molecular flexibility index (Phi) is 22.2. The number of benzene rings is 8. The third kappa shape index (κ3) is 13.5. The maximum atomic E-state index is 13.0. The number of aromatic carboxylic acids is 1. The molecule has 0 fully saturated rings. The fourth-order valence-electron chi connectivity index (χ4n) is 7.53. The van der Waals surface area contributed by atoms with E-state index in [0.29, 0.717) is 70.3 Å². The van der Waals surface area contributed by atoms with Crippen molar-refractivity contribution in [1.29, 1.82) is 0 Å². The van der Waals surface area contributed by atoms with Crippen LogP contribution in [-0.2, 0) is 10.3 Å². The fraction of sp³-hybridized carbons (Fsp3) is 0.0377. The summed E-state index contributed by atoms with van der Waals surface area (Å²) in [5, 5.41) is 68.1. The summed E-state index contributed by atoms with van der Waals surface area (Å²) >= 11 is 32.7. The predicted octanol–water partition coefficient (Wildman–Crippen LogP) is 13.0. The number of ketones is 1. The van der Waals surface area contributed by atoms with E-state index in [0.717, 1.165) is 12.1 Å². The minimum Gasteiger partial charge on any atom is -1.00 e. The quantitative estimate of drug-likeness (QED) is 0.0339. The molecule has 0 saturated heterocycles. The summed E-state index contributed by atoms with van der Waals surface area (Å²) in [7, 11) is 0. The van der Waals surface area contributed by atoms with Gasteiger partial charge in [-0.25, -0.2) is 9.59 Å². The molecule has 0 bridgehead atoms. The Bertz CT molecular complexity index is 3610. The van der Waals surface area contributed by atoms with Crippen molar-refractivity contribution in [3.8, 4) is 69.0 Å². The Balaban J connectivity index is 0.000000268. The third-order valence-corrected chi connectivity index (χ3v) is 15.4. The van der Waals surface area contributed by atoms with E-state index in [4.69, 9.17) is 70.5 Å². The molecule has 77 heavy (non-hydrogen) atoms. The van der Waals surface area contributed by atoms with E-state index >= 15 is 0 Å². The van der Waals surface area contributed by atoms with Gasteiger partial charge in [-0.3, -0.25) is 4.79 Å². The number of phenolic OH excluding ortho intramolecular Hbond substituents is 6. The summed E-state index contributed by atoms with van der Waals surface area (Å²) in [6.07, 6.45) is 0. The number of carbonyl (C=O) groups excluding carboxylic acids is 2. The molecule has 2 aliphatic heterocycles. The van der Waals surface area contributed by atoms with E-state index in [-0.39, 0.29) is 132 Å². The average Bonchev–Trinajstić information content (AvgIpc) is 3.65. The standard InChI is InChI=1S/C26H12Cl2I2O6.C14H9ClO5.C12H7ClI2O3.CH4.K.H2O.H/c27-16-7-14-21(9-20(16)31)35-22-10-23(34-11-5-18(29)24(32)19(30)6-11)17(28)8-15(22)26(14)13-4-2-1-3-12(13)25(33)36-26;15-10-5-9(11(16)6-12(10)17)13(18)7-3-1-2-4-8(7)14(19)20;13-8-2-1-6(16)3-11(8)18-7-4-9(14)12(17)10(15)5-7;;;;/h1-10,31-32H;1-6,16-17H,(H,19,20);1-5,16-17H;1H4;;1H2;/q;;;;+1;;-1/p-1. The molecule has 2 heterocycles. The molecule has 8 aromatic rings. The van der Waals surface area contributed by atoms with E-state index in [9.17, 15) is 45.0 Å². The first-order chi connectivity index (χ1) is 35.1. The van der Waals surface area contributed by atoms with Crippen molar-refractivity contribution < 1.29 is 127 Å². The molecule has 1 spiro atoms. The molecule has 0 aliphatic carbocycles. The summed E-state index contributed by atoms with van der Waals surface area (Å²) in [5.41, 5.74) is 0.143. The van der Waals surface area contributed by atoms with E-state index in [2.05, 4.69) is 0 Å². The van der Waals surface area contributed by atoms with Crippen LogP contribution in [0.2, 0.25) is 20.1 Å². The molecule has 8 N–H and O–H groups in total. The minimum absolute atomic E-state index is 0. The first kappa shape index (κ1) is 64.1. The molecule has 1 atom stereocenters. The van der Waals surface area contributed by atoms with Crippen molar-refractivity contribution in [3.63, 3.8) is 0 Å². The maximum Gasteiger partial charge on any atom is 1.00 e. The van der Waals surface area contributed by atoms with Gasteiger partial charge in [0.05, 0.1) is 51.1 Å². The summed E-state index contributed by atoms with van der Waals surface area (Å²) in [4.78, 5) is 36.3. The second kappa shape index (κ2) is 26.7. The Morgan fingerprint density at radius 3 is 1.58 bits per heavy atom. The van der Waals surface area contributed by atoms with Crippen LogP contribution in [0.4, 0.5) is 0 Å². The summed E-state index contributed by atoms with van der Waals surface area (Å²) in [5.74, 6) is -0.701. The van der Waals surface area contributed by atoms with E-state index in [1.807, 2.05) is 96.4 Å². The number of esters is 1. The molecule has 394 valence electrons. The molecule has 0 saturated carbocycles. The first-order valence-corrected chi connectivity index (χ1v) is 26.6. The van der Waals surface area contributed by atoms with Crippen molar-refractivity contribution in [1.82, 2.24) is 0 Å². The number of rotatable bonds is 7. The van der Waals surface area contributed by atoms with E-state index in [1.165, 1.54) is 48.5 Å². The van der Waals surface area contributed by atoms with Gasteiger partial charge in [-0.05, 0) is 157 Å². The van der Waals surface area contributed by atoms with Crippen LogP contribution in [0.5, 0.6) is 69.0 Å². The number of halogens is 8. The molecule has 24 heteroatoms. The predicted molar refractivity (Wildman–Crippen MR) is 318 cm³/mol. The van der Waals surface area contributed by atoms with Gasteiger partial charge in [-0.1, -0.05) is 90.2 Å². The first-order valence-electron chi connectivity index (χ1n) is 20.7. The van der Waals surface area contributed by atoms with Gasteiger partial charge in [-0.15, -0.1) is 0 Å². The van der Waals surface area contributed by atoms with Crippen molar-refractivity contribution in [2.45, 2.75) is 13.0 Å². The van der Waals surface area contributed by atoms with Crippen LogP contribution in [0.15, 0.2) is 127 Å². The smallest absolute Gasteiger partial charge is 1.00 e. The summed E-state index contributed by atoms with van der Waals surface area (Å²) < 4.78 is 26.5. The second-order valence-corrected chi connectivity index (χ2v) is 21.9. The van der Waals surface area contributed by atoms with Crippen LogP contribution in [-0.4, -0.2) is 58.9 Å². The molecule has 0 amide bonds. The van der Waals surface area contributed by atoms with Crippen molar-refractivity contribution in [2.24, 2.45) is 0 Å². The Morgan fingerprint density at radius 1 is 0.532 bits per heavy atom. The Labute approximate surface area is 556 Å². The molecule has 2 aliphatic rings. The molecular weight excluding hydrogens is 1570 g/mol. The van der Waals surface area contributed by atoms with Gasteiger partial charge in [0.1, 0.15) is 69.0 Å². The normalized spacial score (nSPS) is 13.1. The number of hydrogen-bond donors (Lipinski definition) is 7.